The molecule has 0 atom stereocenters. The molecular formula is C45H49Cl3N10O5. The van der Waals surface area contributed by atoms with Crippen LogP contribution in [0, 0.1) is 6.92 Å². The number of aromatic nitrogens is 8. The summed E-state index contributed by atoms with van der Waals surface area (Å²) in [6.07, 6.45) is 9.36. The molecule has 330 valence electrons. The minimum absolute atomic E-state index is 0.00563. The number of anilines is 2. The van der Waals surface area contributed by atoms with Crippen molar-refractivity contribution in [3.63, 3.8) is 0 Å². The summed E-state index contributed by atoms with van der Waals surface area (Å²) in [5.41, 5.74) is 4.59. The Hall–Kier alpha value is -5.97. The summed E-state index contributed by atoms with van der Waals surface area (Å²) < 4.78 is 10.6. The normalized spacial score (nSPS) is 13.2. The number of aryl methyl sites for hydroxylation is 1. The van der Waals surface area contributed by atoms with Crippen molar-refractivity contribution in [1.29, 1.82) is 0 Å². The van der Waals surface area contributed by atoms with E-state index in [1.54, 1.807) is 36.8 Å². The lowest BCUT2D eigenvalue weighted by molar-refractivity contribution is 0.122. The standard InChI is InChI=1S/C12H11Cl2N3O2.C12H12ClN3O2.C9H8N2.C8H6N2O.2C2H6/c13-7-5-8(14)11(18)10-9(7)12(16-6-15-10)17-1-3-19-4-2-17;13-9-2-1-8-10(11(9)17)14-7-15-12(8)16-3-5-18-6-4-16;1-7-3-2-4-8-9(7)11-6-5-10-8;11-7-3-1-2-6-4-9-5-10-8(6)7;2*1-2/h5-6,18H,1-4H2;1-2,7,17H,3-6H2;2-6H,1H3;1-5,11H;2*1-2H3. The highest BCUT2D eigenvalue weighted by Gasteiger charge is 2.21. The van der Waals surface area contributed by atoms with Gasteiger partial charge in [-0.25, -0.2) is 29.9 Å². The Morgan fingerprint density at radius 1 is 0.556 bits per heavy atom. The van der Waals surface area contributed by atoms with Gasteiger partial charge in [0.15, 0.2) is 11.5 Å². The predicted octanol–water partition coefficient (Wildman–Crippen LogP) is 9.63. The average molecular weight is 916 g/mol. The molecule has 4 aromatic heterocycles. The fraction of sp³-hybridized carbons (Fsp3) is 0.289. The Kier molecular flexibility index (Phi) is 18.3. The van der Waals surface area contributed by atoms with Crippen LogP contribution in [0.25, 0.3) is 43.7 Å². The number of fused-ring (bicyclic) bond motifs is 4. The third-order valence-electron chi connectivity index (χ3n) is 9.31. The molecular weight excluding hydrogens is 867 g/mol. The molecule has 4 aromatic carbocycles. The van der Waals surface area contributed by atoms with Crippen LogP contribution < -0.4 is 9.80 Å². The number of aromatic hydroxyl groups is 3. The zero-order valence-electron chi connectivity index (χ0n) is 35.6. The fourth-order valence-corrected chi connectivity index (χ4v) is 7.09. The van der Waals surface area contributed by atoms with Crippen molar-refractivity contribution in [2.24, 2.45) is 0 Å². The highest BCUT2D eigenvalue weighted by molar-refractivity contribution is 6.40. The fourth-order valence-electron chi connectivity index (χ4n) is 6.40. The van der Waals surface area contributed by atoms with Gasteiger partial charge in [-0.2, -0.15) is 0 Å². The third-order valence-corrected chi connectivity index (χ3v) is 10.2. The third kappa shape index (κ3) is 11.9. The van der Waals surface area contributed by atoms with Gasteiger partial charge in [0.2, 0.25) is 0 Å². The van der Waals surface area contributed by atoms with Crippen molar-refractivity contribution in [3.05, 3.63) is 113 Å². The van der Waals surface area contributed by atoms with E-state index >= 15 is 0 Å². The summed E-state index contributed by atoms with van der Waals surface area (Å²) in [6.45, 7) is 15.7. The van der Waals surface area contributed by atoms with Crippen LogP contribution in [-0.4, -0.2) is 108 Å². The van der Waals surface area contributed by atoms with Gasteiger partial charge in [0.05, 0.1) is 57.9 Å². The number of hydrogen-bond acceptors (Lipinski definition) is 15. The van der Waals surface area contributed by atoms with Crippen LogP contribution in [0.5, 0.6) is 17.2 Å². The van der Waals surface area contributed by atoms with Gasteiger partial charge in [-0.15, -0.1) is 0 Å². The summed E-state index contributed by atoms with van der Waals surface area (Å²) in [5, 5.41) is 32.4. The minimum atomic E-state index is -0.0713. The molecule has 10 rings (SSSR count). The van der Waals surface area contributed by atoms with Crippen molar-refractivity contribution in [2.45, 2.75) is 34.6 Å². The maximum Gasteiger partial charge on any atom is 0.160 e. The van der Waals surface area contributed by atoms with E-state index in [4.69, 9.17) is 44.3 Å². The van der Waals surface area contributed by atoms with Crippen LogP contribution in [0.4, 0.5) is 11.6 Å². The van der Waals surface area contributed by atoms with Crippen molar-refractivity contribution in [1.82, 2.24) is 39.9 Å². The summed E-state index contributed by atoms with van der Waals surface area (Å²) in [6, 6.07) is 16.2. The highest BCUT2D eigenvalue weighted by atomic mass is 35.5. The van der Waals surface area contributed by atoms with Gasteiger partial charge in [-0.3, -0.25) is 9.97 Å². The Balaban J connectivity index is 0.000000158. The van der Waals surface area contributed by atoms with Gasteiger partial charge in [0.25, 0.3) is 0 Å². The van der Waals surface area contributed by atoms with Crippen LogP contribution in [0.15, 0.2) is 92.2 Å². The number of rotatable bonds is 2. The molecule has 2 fully saturated rings. The molecule has 15 nitrogen and oxygen atoms in total. The first-order chi connectivity index (χ1) is 30.7. The van der Waals surface area contributed by atoms with Crippen LogP contribution in [0.2, 0.25) is 15.1 Å². The van der Waals surface area contributed by atoms with Crippen LogP contribution in [-0.2, 0) is 9.47 Å². The Morgan fingerprint density at radius 3 is 1.81 bits per heavy atom. The number of morpholine rings is 2. The number of hydrogen-bond donors (Lipinski definition) is 3. The van der Waals surface area contributed by atoms with Gasteiger partial charge < -0.3 is 34.6 Å². The maximum atomic E-state index is 9.98. The lowest BCUT2D eigenvalue weighted by Gasteiger charge is -2.28. The van der Waals surface area contributed by atoms with Crippen molar-refractivity contribution < 1.29 is 24.8 Å². The maximum absolute atomic E-state index is 9.98. The van der Waals surface area contributed by atoms with Gasteiger partial charge in [-0.1, -0.05) is 86.8 Å². The molecule has 6 heterocycles. The molecule has 0 bridgehead atoms. The van der Waals surface area contributed by atoms with Crippen LogP contribution >= 0.6 is 34.8 Å². The minimum Gasteiger partial charge on any atom is -0.506 e. The van der Waals surface area contributed by atoms with E-state index in [1.165, 1.54) is 30.6 Å². The van der Waals surface area contributed by atoms with E-state index in [9.17, 15) is 15.3 Å². The molecule has 3 N–H and O–H groups in total. The largest absolute Gasteiger partial charge is 0.506 e. The SMILES string of the molecule is CC.CC.Cc1cccc2nccnc12.Oc1c(Cl)cc(Cl)c2c(N3CCOCC3)ncnc12.Oc1c(Cl)ccc2c(N3CCOCC3)ncnc12.Oc1cccc2cncnc12. The van der Waals surface area contributed by atoms with Gasteiger partial charge >= 0.3 is 0 Å². The molecule has 63 heavy (non-hydrogen) atoms. The number of para-hydroxylation sites is 2. The number of halogens is 3. The number of ether oxygens (including phenoxy) is 2. The Bertz CT molecular complexity index is 2640. The van der Waals surface area contributed by atoms with Gasteiger partial charge in [0, 0.05) is 55.5 Å². The van der Waals surface area contributed by atoms with Crippen LogP contribution in [0.1, 0.15) is 33.3 Å². The number of nitrogens with zero attached hydrogens (tertiary/aromatic N) is 10. The van der Waals surface area contributed by atoms with E-state index in [1.807, 2.05) is 65.0 Å². The first-order valence-corrected chi connectivity index (χ1v) is 21.5. The van der Waals surface area contributed by atoms with Crippen molar-refractivity contribution in [3.8, 4) is 17.2 Å². The topological polar surface area (TPSA) is 189 Å². The number of benzene rings is 4. The first-order valence-electron chi connectivity index (χ1n) is 20.3. The van der Waals surface area contributed by atoms with Gasteiger partial charge in [0.1, 0.15) is 52.9 Å². The molecule has 2 aliphatic rings. The number of phenolic OH excluding ortho intramolecular Hbond substituents is 3. The summed E-state index contributed by atoms with van der Waals surface area (Å²) in [7, 11) is 0. The van der Waals surface area contributed by atoms with E-state index in [0.29, 0.717) is 64.2 Å². The number of phenols is 3. The second kappa shape index (κ2) is 24.0. The average Bonchev–Trinajstić information content (AvgIpc) is 3.34. The molecule has 0 aliphatic carbocycles. The van der Waals surface area contributed by atoms with Crippen LogP contribution in [0.3, 0.4) is 0 Å². The van der Waals surface area contributed by atoms with Crippen molar-refractivity contribution >= 4 is 90.2 Å². The molecule has 0 radical (unpaired) electrons. The molecule has 0 unspecified atom stereocenters. The molecule has 0 saturated carbocycles. The summed E-state index contributed by atoms with van der Waals surface area (Å²) >= 11 is 18.0. The first kappa shape index (κ1) is 48.1. The van der Waals surface area contributed by atoms with E-state index in [-0.39, 0.29) is 22.3 Å². The summed E-state index contributed by atoms with van der Waals surface area (Å²) in [5.74, 6) is 1.65. The van der Waals surface area contributed by atoms with E-state index in [0.717, 1.165) is 53.8 Å². The molecule has 8 aromatic rings. The molecule has 18 heteroatoms. The molecule has 0 spiro atoms. The van der Waals surface area contributed by atoms with E-state index < -0.39 is 0 Å². The van der Waals surface area contributed by atoms with Crippen molar-refractivity contribution in [2.75, 3.05) is 62.4 Å². The lowest BCUT2D eigenvalue weighted by atomic mass is 10.2. The molecule has 2 saturated heterocycles. The highest BCUT2D eigenvalue weighted by Crippen LogP contribution is 2.40. The van der Waals surface area contributed by atoms with E-state index in [2.05, 4.69) is 49.7 Å². The molecule has 2 aliphatic heterocycles. The van der Waals surface area contributed by atoms with Gasteiger partial charge in [-0.05, 0) is 42.8 Å². The summed E-state index contributed by atoms with van der Waals surface area (Å²) in [4.78, 5) is 37.1. The zero-order valence-corrected chi connectivity index (χ0v) is 37.8. The predicted molar refractivity (Wildman–Crippen MR) is 252 cm³/mol. The lowest BCUT2D eigenvalue weighted by Crippen LogP contribution is -2.36. The second-order valence-corrected chi connectivity index (χ2v) is 14.3. The monoisotopic (exact) mass is 914 g/mol. The second-order valence-electron chi connectivity index (χ2n) is 13.0. The smallest absolute Gasteiger partial charge is 0.160 e. The Labute approximate surface area is 380 Å². The molecule has 0 amide bonds. The zero-order chi connectivity index (χ0) is 45.3. The quantitative estimate of drug-likeness (QED) is 0.149. The Morgan fingerprint density at radius 2 is 1.14 bits per heavy atom.